The molecule has 2 aromatic rings. The number of nitrogens with two attached hydrogens (primary N) is 3. The lowest BCUT2D eigenvalue weighted by Gasteiger charge is -2.14. The average Bonchev–Trinajstić information content (AvgIpc) is 2.60. The highest BCUT2D eigenvalue weighted by molar-refractivity contribution is 6.01. The van der Waals surface area contributed by atoms with Gasteiger partial charge < -0.3 is 27.3 Å². The molecule has 0 atom stereocenters. The first-order valence-electron chi connectivity index (χ1n) is 6.85. The van der Waals surface area contributed by atoms with Crippen LogP contribution in [0, 0.1) is 0 Å². The summed E-state index contributed by atoms with van der Waals surface area (Å²) in [6.45, 7) is 0. The van der Waals surface area contributed by atoms with Crippen molar-refractivity contribution in [3.8, 4) is 16.9 Å². The highest BCUT2D eigenvalue weighted by Gasteiger charge is 2.16. The summed E-state index contributed by atoms with van der Waals surface area (Å²) in [7, 11) is 3.04. The molecule has 1 aromatic carbocycles. The number of pyridine rings is 1. The standard InChI is InChI=1S/C16H19N5O2/c1-20-16(22)15(19)14(18)10-5-3-4-9(13(10)17)11-8-21-7-6-12(11)23-2/h3-8H,17-19H2,1-2H3,(H,20,22)/b15-14+. The topological polar surface area (TPSA) is 129 Å². The van der Waals surface area contributed by atoms with Crippen molar-refractivity contribution in [1.29, 1.82) is 0 Å². The van der Waals surface area contributed by atoms with Gasteiger partial charge in [-0.15, -0.1) is 0 Å². The molecule has 23 heavy (non-hydrogen) atoms. The van der Waals surface area contributed by atoms with Crippen molar-refractivity contribution in [3.63, 3.8) is 0 Å². The van der Waals surface area contributed by atoms with E-state index in [9.17, 15) is 4.79 Å². The Morgan fingerprint density at radius 3 is 2.61 bits per heavy atom. The highest BCUT2D eigenvalue weighted by atomic mass is 16.5. The normalized spacial score (nSPS) is 11.6. The molecule has 1 aromatic heterocycles. The molecule has 0 bridgehead atoms. The third kappa shape index (κ3) is 3.03. The number of carbonyl (C=O) groups excluding carboxylic acids is 1. The van der Waals surface area contributed by atoms with Crippen molar-refractivity contribution < 1.29 is 9.53 Å². The van der Waals surface area contributed by atoms with Crippen LogP contribution in [0.5, 0.6) is 5.75 Å². The van der Waals surface area contributed by atoms with E-state index in [1.165, 1.54) is 7.05 Å². The lowest BCUT2D eigenvalue weighted by Crippen LogP contribution is -2.27. The molecule has 0 unspecified atom stereocenters. The Bertz CT molecular complexity index is 771. The van der Waals surface area contributed by atoms with Crippen molar-refractivity contribution in [2.75, 3.05) is 19.9 Å². The van der Waals surface area contributed by atoms with Crippen LogP contribution in [-0.2, 0) is 4.79 Å². The Kier molecular flexibility index (Phi) is 4.70. The van der Waals surface area contributed by atoms with Gasteiger partial charge in [-0.25, -0.2) is 0 Å². The SMILES string of the molecule is CNC(=O)/C(N)=C(\N)c1cccc(-c2cnccc2OC)c1N. The zero-order chi connectivity index (χ0) is 17.0. The third-order valence-electron chi connectivity index (χ3n) is 3.45. The molecule has 0 aliphatic carbocycles. The molecule has 0 aliphatic heterocycles. The van der Waals surface area contributed by atoms with Crippen molar-refractivity contribution in [2.24, 2.45) is 11.5 Å². The number of aromatic nitrogens is 1. The number of ether oxygens (including phenoxy) is 1. The van der Waals surface area contributed by atoms with E-state index in [1.807, 2.05) is 6.07 Å². The largest absolute Gasteiger partial charge is 0.496 e. The van der Waals surface area contributed by atoms with Crippen LogP contribution >= 0.6 is 0 Å². The minimum atomic E-state index is -0.466. The second kappa shape index (κ2) is 6.69. The number of hydrogen-bond donors (Lipinski definition) is 4. The predicted molar refractivity (Wildman–Crippen MR) is 90.0 cm³/mol. The monoisotopic (exact) mass is 313 g/mol. The molecule has 0 radical (unpaired) electrons. The van der Waals surface area contributed by atoms with Crippen LogP contribution in [-0.4, -0.2) is 25.0 Å². The molecule has 2 rings (SSSR count). The first-order chi connectivity index (χ1) is 11.0. The van der Waals surface area contributed by atoms with Crippen LogP contribution in [0.2, 0.25) is 0 Å². The summed E-state index contributed by atoms with van der Waals surface area (Å²) in [5.74, 6) is 0.164. The van der Waals surface area contributed by atoms with E-state index in [-0.39, 0.29) is 11.4 Å². The van der Waals surface area contributed by atoms with Crippen molar-refractivity contribution in [1.82, 2.24) is 10.3 Å². The average molecular weight is 313 g/mol. The van der Waals surface area contributed by atoms with E-state index < -0.39 is 5.91 Å². The van der Waals surface area contributed by atoms with Gasteiger partial charge in [-0.1, -0.05) is 18.2 Å². The summed E-state index contributed by atoms with van der Waals surface area (Å²) < 4.78 is 5.33. The number of nitrogen functional groups attached to an aromatic ring is 1. The smallest absolute Gasteiger partial charge is 0.269 e. The quantitative estimate of drug-likeness (QED) is 0.485. The number of nitrogens with zero attached hydrogens (tertiary/aromatic N) is 1. The lowest BCUT2D eigenvalue weighted by molar-refractivity contribution is -0.117. The maximum absolute atomic E-state index is 11.6. The van der Waals surface area contributed by atoms with E-state index >= 15 is 0 Å². The maximum Gasteiger partial charge on any atom is 0.269 e. The van der Waals surface area contributed by atoms with Gasteiger partial charge in [0.15, 0.2) is 0 Å². The van der Waals surface area contributed by atoms with E-state index in [0.717, 1.165) is 5.56 Å². The summed E-state index contributed by atoms with van der Waals surface area (Å²) in [5, 5.41) is 2.43. The van der Waals surface area contributed by atoms with E-state index in [4.69, 9.17) is 21.9 Å². The molecule has 0 spiro atoms. The molecular weight excluding hydrogens is 294 g/mol. The Hall–Kier alpha value is -3.22. The third-order valence-corrected chi connectivity index (χ3v) is 3.45. The predicted octanol–water partition coefficient (Wildman–Crippen LogP) is 0.671. The zero-order valence-corrected chi connectivity index (χ0v) is 13.0. The van der Waals surface area contributed by atoms with Crippen molar-refractivity contribution >= 4 is 17.3 Å². The number of nitrogens with one attached hydrogen (secondary N) is 1. The molecule has 0 saturated heterocycles. The fraction of sp³-hybridized carbons (Fsp3) is 0.125. The summed E-state index contributed by atoms with van der Waals surface area (Å²) in [6, 6.07) is 7.03. The van der Waals surface area contributed by atoms with Crippen LogP contribution < -0.4 is 27.3 Å². The number of likely N-dealkylation sites (N-methyl/N-ethyl adjacent to an activating group) is 1. The molecule has 120 valence electrons. The molecule has 1 amide bonds. The van der Waals surface area contributed by atoms with Gasteiger partial charge in [0.2, 0.25) is 0 Å². The van der Waals surface area contributed by atoms with Gasteiger partial charge in [0.25, 0.3) is 5.91 Å². The molecule has 7 nitrogen and oxygen atoms in total. The van der Waals surface area contributed by atoms with E-state index in [0.29, 0.717) is 22.6 Å². The van der Waals surface area contributed by atoms with Gasteiger partial charge in [0.1, 0.15) is 11.4 Å². The molecule has 0 fully saturated rings. The number of hydrogen-bond acceptors (Lipinski definition) is 6. The Morgan fingerprint density at radius 1 is 1.22 bits per heavy atom. The molecule has 7 N–H and O–H groups in total. The van der Waals surface area contributed by atoms with Gasteiger partial charge >= 0.3 is 0 Å². The molecule has 0 saturated carbocycles. The van der Waals surface area contributed by atoms with Crippen LogP contribution in [0.25, 0.3) is 16.8 Å². The first-order valence-corrected chi connectivity index (χ1v) is 6.85. The van der Waals surface area contributed by atoms with E-state index in [2.05, 4.69) is 10.3 Å². The number of anilines is 1. The molecule has 1 heterocycles. The minimum absolute atomic E-state index is 0.0884. The molecule has 0 aliphatic rings. The summed E-state index contributed by atoms with van der Waals surface area (Å²) >= 11 is 0. The number of methoxy groups -OCH3 is 1. The second-order valence-corrected chi connectivity index (χ2v) is 4.75. The maximum atomic E-state index is 11.6. The molecular formula is C16H19N5O2. The fourth-order valence-corrected chi connectivity index (χ4v) is 2.20. The Morgan fingerprint density at radius 2 is 1.96 bits per heavy atom. The second-order valence-electron chi connectivity index (χ2n) is 4.75. The minimum Gasteiger partial charge on any atom is -0.496 e. The number of benzene rings is 1. The summed E-state index contributed by atoms with van der Waals surface area (Å²) in [4.78, 5) is 15.7. The fourth-order valence-electron chi connectivity index (χ4n) is 2.20. The zero-order valence-electron chi connectivity index (χ0n) is 13.0. The van der Waals surface area contributed by atoms with Crippen LogP contribution in [0.1, 0.15) is 5.56 Å². The van der Waals surface area contributed by atoms with Crippen molar-refractivity contribution in [2.45, 2.75) is 0 Å². The van der Waals surface area contributed by atoms with Gasteiger partial charge in [-0.3, -0.25) is 9.78 Å². The number of amides is 1. The van der Waals surface area contributed by atoms with Crippen LogP contribution in [0.3, 0.4) is 0 Å². The highest BCUT2D eigenvalue weighted by Crippen LogP contribution is 2.35. The number of rotatable bonds is 4. The van der Waals surface area contributed by atoms with Crippen LogP contribution in [0.4, 0.5) is 5.69 Å². The summed E-state index contributed by atoms with van der Waals surface area (Å²) in [5.41, 5.74) is 20.3. The van der Waals surface area contributed by atoms with Crippen molar-refractivity contribution in [3.05, 3.63) is 47.9 Å². The van der Waals surface area contributed by atoms with Gasteiger partial charge in [-0.05, 0) is 6.07 Å². The molecule has 7 heteroatoms. The van der Waals surface area contributed by atoms with Crippen LogP contribution in [0.15, 0.2) is 42.4 Å². The first kappa shape index (κ1) is 16.2. The Labute approximate surface area is 134 Å². The summed E-state index contributed by atoms with van der Waals surface area (Å²) in [6.07, 6.45) is 3.27. The number of carbonyl (C=O) groups is 1. The number of para-hydroxylation sites is 1. The van der Waals surface area contributed by atoms with E-state index in [1.54, 1.807) is 37.7 Å². The van der Waals surface area contributed by atoms with Gasteiger partial charge in [0, 0.05) is 41.8 Å². The van der Waals surface area contributed by atoms with Gasteiger partial charge in [-0.2, -0.15) is 0 Å². The lowest BCUT2D eigenvalue weighted by atomic mass is 9.98. The Balaban J connectivity index is 2.62. The van der Waals surface area contributed by atoms with Gasteiger partial charge in [0.05, 0.1) is 12.8 Å².